The molecule has 0 saturated carbocycles. The standard InChI is InChI=1S/C17H20N2O2/c1-13-4-2-7-16(10-13)21-9-8-17(20)19-12-14-5-3-6-15(18)11-14/h2-7,10-11H,8-9,12,18H2,1H3,(H,19,20). The average Bonchev–Trinajstić information content (AvgIpc) is 2.45. The quantitative estimate of drug-likeness (QED) is 0.802. The van der Waals surface area contributed by atoms with Crippen LogP contribution in [0.3, 0.4) is 0 Å². The lowest BCUT2D eigenvalue weighted by atomic mass is 10.2. The van der Waals surface area contributed by atoms with Gasteiger partial charge in [0.15, 0.2) is 0 Å². The summed E-state index contributed by atoms with van der Waals surface area (Å²) in [4.78, 5) is 11.7. The van der Waals surface area contributed by atoms with Gasteiger partial charge in [-0.25, -0.2) is 0 Å². The first-order valence-corrected chi connectivity index (χ1v) is 6.94. The minimum absolute atomic E-state index is 0.0370. The molecule has 0 saturated heterocycles. The Morgan fingerprint density at radius 3 is 2.76 bits per heavy atom. The topological polar surface area (TPSA) is 64.3 Å². The molecule has 0 fully saturated rings. The number of nitrogen functional groups attached to an aromatic ring is 1. The summed E-state index contributed by atoms with van der Waals surface area (Å²) in [6.07, 6.45) is 0.330. The van der Waals surface area contributed by atoms with Crippen molar-refractivity contribution in [3.8, 4) is 5.75 Å². The van der Waals surface area contributed by atoms with E-state index in [1.54, 1.807) is 0 Å². The number of amides is 1. The van der Waals surface area contributed by atoms with Crippen LogP contribution in [-0.4, -0.2) is 12.5 Å². The van der Waals surface area contributed by atoms with Gasteiger partial charge in [0.05, 0.1) is 13.0 Å². The second-order valence-corrected chi connectivity index (χ2v) is 4.94. The van der Waals surface area contributed by atoms with Gasteiger partial charge in [0, 0.05) is 12.2 Å². The first-order valence-electron chi connectivity index (χ1n) is 6.94. The Balaban J connectivity index is 1.70. The minimum atomic E-state index is -0.0370. The molecule has 0 bridgehead atoms. The van der Waals surface area contributed by atoms with Crippen molar-refractivity contribution in [2.24, 2.45) is 0 Å². The molecule has 2 rings (SSSR count). The molecule has 21 heavy (non-hydrogen) atoms. The summed E-state index contributed by atoms with van der Waals surface area (Å²) in [5.74, 6) is 0.753. The number of nitrogens with one attached hydrogen (secondary N) is 1. The number of hydrogen-bond donors (Lipinski definition) is 2. The van der Waals surface area contributed by atoms with E-state index in [-0.39, 0.29) is 5.91 Å². The highest BCUT2D eigenvalue weighted by molar-refractivity contribution is 5.76. The number of hydrogen-bond acceptors (Lipinski definition) is 3. The number of aryl methyl sites for hydroxylation is 1. The molecule has 1 amide bonds. The highest BCUT2D eigenvalue weighted by Crippen LogP contribution is 2.12. The van der Waals surface area contributed by atoms with Crippen LogP contribution in [0.25, 0.3) is 0 Å². The number of carbonyl (C=O) groups is 1. The summed E-state index contributed by atoms with van der Waals surface area (Å²) in [6, 6.07) is 15.3. The summed E-state index contributed by atoms with van der Waals surface area (Å²) in [5, 5.41) is 2.85. The molecular formula is C17H20N2O2. The van der Waals surface area contributed by atoms with Crippen LogP contribution in [0.15, 0.2) is 48.5 Å². The Bertz CT molecular complexity index is 611. The van der Waals surface area contributed by atoms with Crippen molar-refractivity contribution in [1.82, 2.24) is 5.32 Å². The summed E-state index contributed by atoms with van der Waals surface area (Å²) in [6.45, 7) is 2.85. The Labute approximate surface area is 124 Å². The molecule has 110 valence electrons. The fraction of sp³-hybridized carbons (Fsp3) is 0.235. The number of carbonyl (C=O) groups excluding carboxylic acids is 1. The van der Waals surface area contributed by atoms with E-state index in [4.69, 9.17) is 10.5 Å². The molecule has 0 aromatic heterocycles. The van der Waals surface area contributed by atoms with E-state index in [2.05, 4.69) is 5.32 Å². The van der Waals surface area contributed by atoms with Gasteiger partial charge in [-0.15, -0.1) is 0 Å². The molecule has 3 N–H and O–H groups in total. The van der Waals surface area contributed by atoms with Crippen LogP contribution < -0.4 is 15.8 Å². The zero-order chi connectivity index (χ0) is 15.1. The van der Waals surface area contributed by atoms with E-state index in [0.717, 1.165) is 16.9 Å². The van der Waals surface area contributed by atoms with Crippen molar-refractivity contribution in [3.63, 3.8) is 0 Å². The lowest BCUT2D eigenvalue weighted by molar-refractivity contribution is -0.121. The zero-order valence-electron chi connectivity index (χ0n) is 12.1. The summed E-state index contributed by atoms with van der Waals surface area (Å²) in [5.41, 5.74) is 8.51. The molecule has 2 aromatic carbocycles. The van der Waals surface area contributed by atoms with Gasteiger partial charge < -0.3 is 15.8 Å². The number of ether oxygens (including phenoxy) is 1. The van der Waals surface area contributed by atoms with Crippen LogP contribution in [0.4, 0.5) is 5.69 Å². The fourth-order valence-corrected chi connectivity index (χ4v) is 1.96. The van der Waals surface area contributed by atoms with Crippen LogP contribution in [0.2, 0.25) is 0 Å². The number of benzene rings is 2. The Morgan fingerprint density at radius 2 is 2.00 bits per heavy atom. The molecule has 4 nitrogen and oxygen atoms in total. The van der Waals surface area contributed by atoms with Gasteiger partial charge in [0.2, 0.25) is 5.91 Å². The highest BCUT2D eigenvalue weighted by Gasteiger charge is 2.02. The first kappa shape index (κ1) is 14.9. The molecule has 0 radical (unpaired) electrons. The lowest BCUT2D eigenvalue weighted by Crippen LogP contribution is -2.24. The van der Waals surface area contributed by atoms with Crippen molar-refractivity contribution >= 4 is 11.6 Å². The van der Waals surface area contributed by atoms with Gasteiger partial charge in [0.1, 0.15) is 5.75 Å². The molecular weight excluding hydrogens is 264 g/mol. The second kappa shape index (κ2) is 7.33. The van der Waals surface area contributed by atoms with E-state index in [1.807, 2.05) is 55.5 Å². The predicted octanol–water partition coefficient (Wildman–Crippen LogP) is 2.66. The molecule has 0 unspecified atom stereocenters. The second-order valence-electron chi connectivity index (χ2n) is 4.94. The number of nitrogens with two attached hydrogens (primary N) is 1. The van der Waals surface area contributed by atoms with Gasteiger partial charge in [-0.05, 0) is 42.3 Å². The maximum absolute atomic E-state index is 11.7. The molecule has 0 spiro atoms. The van der Waals surface area contributed by atoms with E-state index in [1.165, 1.54) is 0 Å². The molecule has 4 heteroatoms. The maximum atomic E-state index is 11.7. The summed E-state index contributed by atoms with van der Waals surface area (Å²) >= 11 is 0. The van der Waals surface area contributed by atoms with Crippen LogP contribution in [0, 0.1) is 6.92 Å². The largest absolute Gasteiger partial charge is 0.493 e. The summed E-state index contributed by atoms with van der Waals surface area (Å²) < 4.78 is 5.55. The third-order valence-corrected chi connectivity index (χ3v) is 3.03. The third-order valence-electron chi connectivity index (χ3n) is 3.03. The first-order chi connectivity index (χ1) is 10.1. The zero-order valence-corrected chi connectivity index (χ0v) is 12.1. The van der Waals surface area contributed by atoms with Crippen molar-refractivity contribution in [1.29, 1.82) is 0 Å². The SMILES string of the molecule is Cc1cccc(OCCC(=O)NCc2cccc(N)c2)c1. The van der Waals surface area contributed by atoms with Crippen molar-refractivity contribution in [2.45, 2.75) is 19.9 Å². The van der Waals surface area contributed by atoms with Crippen molar-refractivity contribution in [3.05, 3.63) is 59.7 Å². The number of anilines is 1. The van der Waals surface area contributed by atoms with Gasteiger partial charge in [-0.1, -0.05) is 24.3 Å². The van der Waals surface area contributed by atoms with Crippen LogP contribution in [0.5, 0.6) is 5.75 Å². The van der Waals surface area contributed by atoms with E-state index in [0.29, 0.717) is 25.3 Å². The smallest absolute Gasteiger partial charge is 0.223 e. The third kappa shape index (κ3) is 5.18. The molecule has 0 atom stereocenters. The normalized spacial score (nSPS) is 10.1. The minimum Gasteiger partial charge on any atom is -0.493 e. The molecule has 0 aliphatic heterocycles. The molecule has 0 aliphatic rings. The van der Waals surface area contributed by atoms with Crippen LogP contribution in [0.1, 0.15) is 17.5 Å². The molecule has 2 aromatic rings. The lowest BCUT2D eigenvalue weighted by Gasteiger charge is -2.08. The van der Waals surface area contributed by atoms with Crippen molar-refractivity contribution in [2.75, 3.05) is 12.3 Å². The highest BCUT2D eigenvalue weighted by atomic mass is 16.5. The van der Waals surface area contributed by atoms with E-state index < -0.39 is 0 Å². The molecule has 0 aliphatic carbocycles. The Hall–Kier alpha value is -2.49. The predicted molar refractivity (Wildman–Crippen MR) is 84.0 cm³/mol. The van der Waals surface area contributed by atoms with Gasteiger partial charge in [0.25, 0.3) is 0 Å². The Kier molecular flexibility index (Phi) is 5.21. The van der Waals surface area contributed by atoms with Crippen LogP contribution in [-0.2, 0) is 11.3 Å². The van der Waals surface area contributed by atoms with E-state index >= 15 is 0 Å². The maximum Gasteiger partial charge on any atom is 0.223 e. The Morgan fingerprint density at radius 1 is 1.19 bits per heavy atom. The van der Waals surface area contributed by atoms with Crippen molar-refractivity contribution < 1.29 is 9.53 Å². The summed E-state index contributed by atoms with van der Waals surface area (Å²) in [7, 11) is 0. The van der Waals surface area contributed by atoms with E-state index in [9.17, 15) is 4.79 Å². The van der Waals surface area contributed by atoms with Gasteiger partial charge in [-0.2, -0.15) is 0 Å². The number of rotatable bonds is 6. The fourth-order valence-electron chi connectivity index (χ4n) is 1.96. The monoisotopic (exact) mass is 284 g/mol. The average molecular weight is 284 g/mol. The van der Waals surface area contributed by atoms with Crippen LogP contribution >= 0.6 is 0 Å². The van der Waals surface area contributed by atoms with Gasteiger partial charge in [-0.3, -0.25) is 4.79 Å². The van der Waals surface area contributed by atoms with Gasteiger partial charge >= 0.3 is 0 Å². The molecule has 0 heterocycles.